The fraction of sp³-hybridized carbons (Fsp3) is 0. The third-order valence-electron chi connectivity index (χ3n) is 0. The summed E-state index contributed by atoms with van der Waals surface area (Å²) in [6, 6.07) is 0. The predicted molar refractivity (Wildman–Crippen MR) is 21.8 cm³/mol. The second-order valence-corrected chi connectivity index (χ2v) is 1.34. The third kappa shape index (κ3) is 378. The Morgan fingerprint density at radius 1 is 1.29 bits per heavy atom. The van der Waals surface area contributed by atoms with E-state index in [0.717, 1.165) is 0 Å². The molecule has 0 saturated carbocycles. The summed E-state index contributed by atoms with van der Waals surface area (Å²) in [5, 5.41) is 0. The van der Waals surface area contributed by atoms with Crippen LogP contribution in [0.15, 0.2) is 0 Å². The van der Waals surface area contributed by atoms with Crippen molar-refractivity contribution in [3.63, 3.8) is 0 Å². The molecule has 0 fully saturated rings. The van der Waals surface area contributed by atoms with E-state index >= 15 is 0 Å². The summed E-state index contributed by atoms with van der Waals surface area (Å²) >= 11 is 2.52. The van der Waals surface area contributed by atoms with Crippen molar-refractivity contribution in [2.24, 2.45) is 0 Å². The molecule has 0 amide bonds. The molecule has 2 N–H and O–H groups in total. The molecule has 0 aromatic rings. The van der Waals surface area contributed by atoms with Crippen LogP contribution in [0, 0.1) is 0 Å². The second-order valence-electron chi connectivity index (χ2n) is 0.448. The van der Waals surface area contributed by atoms with Crippen molar-refractivity contribution in [1.29, 1.82) is 0 Å². The zero-order valence-electron chi connectivity index (χ0n) is 2.91. The molecule has 0 atom stereocenters. The summed E-state index contributed by atoms with van der Waals surface area (Å²) in [6.07, 6.45) is 0. The Bertz CT molecular complexity index is 104. The quantitative estimate of drug-likeness (QED) is 0.410. The van der Waals surface area contributed by atoms with Crippen molar-refractivity contribution >= 4 is 21.0 Å². The van der Waals surface area contributed by atoms with Gasteiger partial charge in [0.25, 0.3) is 0 Å². The first kappa shape index (κ1) is 10.6. The zero-order chi connectivity index (χ0) is 6.50. The van der Waals surface area contributed by atoms with Crippen LogP contribution < -0.4 is 0 Å². The SMILES string of the molecule is O=S(=O)(O)O.[S]=[Mn]. The van der Waals surface area contributed by atoms with Crippen LogP contribution >= 0.6 is 10.6 Å². The van der Waals surface area contributed by atoms with Crippen molar-refractivity contribution in [2.75, 3.05) is 0 Å². The molecule has 0 saturated heterocycles. The van der Waals surface area contributed by atoms with Crippen LogP contribution in [0.4, 0.5) is 0 Å². The number of hydrogen-bond donors (Lipinski definition) is 2. The van der Waals surface area contributed by atoms with Crippen LogP contribution in [0.5, 0.6) is 0 Å². The molecule has 0 unspecified atom stereocenters. The van der Waals surface area contributed by atoms with E-state index in [1.165, 1.54) is 0 Å². The van der Waals surface area contributed by atoms with Crippen LogP contribution in [0.3, 0.4) is 0 Å². The van der Waals surface area contributed by atoms with E-state index in [4.69, 9.17) is 17.5 Å². The number of rotatable bonds is 0. The summed E-state index contributed by atoms with van der Waals surface area (Å²) in [5.74, 6) is 0. The van der Waals surface area contributed by atoms with Gasteiger partial charge in [-0.1, -0.05) is 0 Å². The van der Waals surface area contributed by atoms with Gasteiger partial charge in [-0.05, 0) is 0 Å². The van der Waals surface area contributed by atoms with Crippen LogP contribution in [0.2, 0.25) is 0 Å². The molecule has 45 valence electrons. The summed E-state index contributed by atoms with van der Waals surface area (Å²) in [4.78, 5) is 0. The second kappa shape index (κ2) is 4.76. The molecule has 0 radical (unpaired) electrons. The topological polar surface area (TPSA) is 74.6 Å². The Kier molecular flexibility index (Phi) is 7.18. The van der Waals surface area contributed by atoms with E-state index in [0.29, 0.717) is 0 Å². The van der Waals surface area contributed by atoms with Crippen molar-refractivity contribution in [2.45, 2.75) is 0 Å². The zero-order valence-corrected chi connectivity index (χ0v) is 5.72. The predicted octanol–water partition coefficient (Wildman–Crippen LogP) is -0.00710. The Balaban J connectivity index is 0. The molecule has 0 bridgehead atoms. The van der Waals surface area contributed by atoms with Crippen LogP contribution in [0.25, 0.3) is 0 Å². The minimum absolute atomic E-state index is 2.52. The average Bonchev–Trinajstić information content (AvgIpc) is 1.36. The maximum atomic E-state index is 8.74. The van der Waals surface area contributed by atoms with E-state index in [-0.39, 0.29) is 0 Å². The van der Waals surface area contributed by atoms with Gasteiger partial charge in [-0.2, -0.15) is 8.42 Å². The van der Waals surface area contributed by atoms with Gasteiger partial charge in [0, 0.05) is 0 Å². The molecule has 4 nitrogen and oxygen atoms in total. The summed E-state index contributed by atoms with van der Waals surface area (Å²) in [6.45, 7) is 0. The van der Waals surface area contributed by atoms with Crippen LogP contribution in [0.1, 0.15) is 0 Å². The molecule has 0 heterocycles. The van der Waals surface area contributed by atoms with E-state index in [9.17, 15) is 0 Å². The van der Waals surface area contributed by atoms with Crippen molar-refractivity contribution in [3.05, 3.63) is 0 Å². The Morgan fingerprint density at radius 2 is 1.29 bits per heavy atom. The molecule has 0 aliphatic rings. The molecular formula is H2MnO4S2. The molecule has 7 heavy (non-hydrogen) atoms. The van der Waals surface area contributed by atoms with Gasteiger partial charge in [0.15, 0.2) is 0 Å². The molecule has 0 aromatic carbocycles. The Labute approximate surface area is 53.2 Å². The van der Waals surface area contributed by atoms with E-state index in [1.54, 1.807) is 0 Å². The standard InChI is InChI=1S/Mn.H2O4S.S/c;1-5(2,3)4;/h;(H2,1,2,3,4);. The summed E-state index contributed by atoms with van der Waals surface area (Å²) in [5.41, 5.74) is 0. The van der Waals surface area contributed by atoms with Crippen LogP contribution in [-0.4, -0.2) is 17.5 Å². The average molecular weight is 185 g/mol. The van der Waals surface area contributed by atoms with Crippen molar-refractivity contribution in [1.82, 2.24) is 0 Å². The first-order chi connectivity index (χ1) is 3.00. The van der Waals surface area contributed by atoms with Gasteiger partial charge in [0.2, 0.25) is 0 Å². The minimum atomic E-state index is -4.67. The van der Waals surface area contributed by atoms with E-state index in [1.807, 2.05) is 0 Å². The first-order valence-corrected chi connectivity index (χ1v) is 4.00. The molecule has 7 heteroatoms. The van der Waals surface area contributed by atoms with Gasteiger partial charge < -0.3 is 0 Å². The summed E-state index contributed by atoms with van der Waals surface area (Å²) < 4.78 is 31.6. The summed E-state index contributed by atoms with van der Waals surface area (Å²) in [7, 11) is -0.771. The van der Waals surface area contributed by atoms with Crippen molar-refractivity contribution < 1.29 is 31.9 Å². The molecule has 0 aromatic heterocycles. The Hall–Kier alpha value is 0.609. The third-order valence-corrected chi connectivity index (χ3v) is 0. The normalized spacial score (nSPS) is 8.86. The fourth-order valence-electron chi connectivity index (χ4n) is 0. The van der Waals surface area contributed by atoms with E-state index < -0.39 is 10.4 Å². The van der Waals surface area contributed by atoms with Gasteiger partial charge in [0.1, 0.15) is 0 Å². The van der Waals surface area contributed by atoms with Gasteiger partial charge in [-0.3, -0.25) is 9.11 Å². The van der Waals surface area contributed by atoms with Crippen molar-refractivity contribution in [3.8, 4) is 0 Å². The molecular weight excluding hydrogens is 183 g/mol. The monoisotopic (exact) mass is 185 g/mol. The van der Waals surface area contributed by atoms with E-state index in [2.05, 4.69) is 24.9 Å². The van der Waals surface area contributed by atoms with Gasteiger partial charge in [-0.15, -0.1) is 0 Å². The maximum absolute atomic E-state index is 8.74. The van der Waals surface area contributed by atoms with Gasteiger partial charge in [0.05, 0.1) is 0 Å². The fourth-order valence-corrected chi connectivity index (χ4v) is 0. The molecule has 0 aliphatic heterocycles. The van der Waals surface area contributed by atoms with Crippen LogP contribution in [-0.2, 0) is 24.8 Å². The van der Waals surface area contributed by atoms with Gasteiger partial charge >= 0.3 is 35.3 Å². The Morgan fingerprint density at radius 3 is 1.29 bits per heavy atom. The molecule has 0 rings (SSSR count). The first-order valence-electron chi connectivity index (χ1n) is 0.853. The van der Waals surface area contributed by atoms with Gasteiger partial charge in [-0.25, -0.2) is 0 Å². The number of hydrogen-bond acceptors (Lipinski definition) is 3. The molecule has 0 spiro atoms. The molecule has 0 aliphatic carbocycles.